The maximum Gasteiger partial charge on any atom is 0.258 e. The highest BCUT2D eigenvalue weighted by atomic mass is 16.5. The molecule has 1 aliphatic heterocycles. The molecule has 9 heteroatoms. The van der Waals surface area contributed by atoms with Gasteiger partial charge in [0.2, 0.25) is 11.7 Å². The van der Waals surface area contributed by atoms with Crippen LogP contribution in [0.1, 0.15) is 43.0 Å². The van der Waals surface area contributed by atoms with Crippen LogP contribution in [0.25, 0.3) is 22.8 Å². The lowest BCUT2D eigenvalue weighted by Crippen LogP contribution is -2.43. The van der Waals surface area contributed by atoms with Gasteiger partial charge in [0.1, 0.15) is 11.8 Å². The third kappa shape index (κ3) is 6.16. The summed E-state index contributed by atoms with van der Waals surface area (Å²) in [6.45, 7) is 9.46. The van der Waals surface area contributed by atoms with Gasteiger partial charge in [-0.1, -0.05) is 17.3 Å². The number of fused-ring (bicyclic) bond motifs is 1. The fourth-order valence-electron chi connectivity index (χ4n) is 4.58. The third-order valence-electron chi connectivity index (χ3n) is 6.50. The van der Waals surface area contributed by atoms with E-state index in [1.165, 1.54) is 11.1 Å². The highest BCUT2D eigenvalue weighted by molar-refractivity contribution is 5.78. The first kappa shape index (κ1) is 26.3. The first-order valence-corrected chi connectivity index (χ1v) is 12.6. The quantitative estimate of drug-likeness (QED) is 0.480. The predicted octanol–water partition coefficient (Wildman–Crippen LogP) is 3.27. The van der Waals surface area contributed by atoms with Crippen LogP contribution in [0.5, 0.6) is 5.75 Å². The van der Waals surface area contributed by atoms with Gasteiger partial charge in [-0.15, -0.1) is 0 Å². The molecule has 3 aromatic rings. The number of carbonyl (C=O) groups is 1. The fraction of sp³-hybridized carbons (Fsp3) is 0.429. The number of nitrogens with zero attached hydrogens (tertiary/aromatic N) is 4. The summed E-state index contributed by atoms with van der Waals surface area (Å²) in [5, 5.41) is 25.8. The summed E-state index contributed by atoms with van der Waals surface area (Å²) in [6.07, 6.45) is 1.62. The van der Waals surface area contributed by atoms with Crippen LogP contribution in [0.15, 0.2) is 34.9 Å². The van der Waals surface area contributed by atoms with Gasteiger partial charge in [-0.3, -0.25) is 9.69 Å². The Morgan fingerprint density at radius 2 is 2.03 bits per heavy atom. The van der Waals surface area contributed by atoms with Gasteiger partial charge in [0.25, 0.3) is 5.89 Å². The Labute approximate surface area is 217 Å². The molecule has 37 heavy (non-hydrogen) atoms. The standard InChI is InChI=1S/C28H33N5O4/c1-17(2)36-25-8-6-21(13-22(25)14-29)28-31-27(32-37-28)24-7-5-20-9-11-33(12-10-23(20)19(24)4)15-26(35)30-18(3)16-34/h5-8,13,17-18,34H,9-12,15-16H2,1-4H3,(H,30,35). The zero-order valence-electron chi connectivity index (χ0n) is 21.7. The van der Waals surface area contributed by atoms with Crippen LogP contribution in [0.4, 0.5) is 0 Å². The van der Waals surface area contributed by atoms with Crippen molar-refractivity contribution in [3.8, 4) is 34.7 Å². The molecule has 1 atom stereocenters. The Morgan fingerprint density at radius 1 is 1.24 bits per heavy atom. The largest absolute Gasteiger partial charge is 0.490 e. The minimum Gasteiger partial charge on any atom is -0.490 e. The van der Waals surface area contributed by atoms with E-state index in [0.717, 1.165) is 37.1 Å². The molecule has 1 unspecified atom stereocenters. The molecule has 194 valence electrons. The fourth-order valence-corrected chi connectivity index (χ4v) is 4.58. The molecule has 0 radical (unpaired) electrons. The molecule has 1 aliphatic rings. The van der Waals surface area contributed by atoms with Crippen molar-refractivity contribution in [3.05, 3.63) is 52.6 Å². The molecule has 2 heterocycles. The Hall–Kier alpha value is -3.74. The minimum atomic E-state index is -0.251. The number of hydrogen-bond acceptors (Lipinski definition) is 8. The number of nitrogens with one attached hydrogen (secondary N) is 1. The highest BCUT2D eigenvalue weighted by Crippen LogP contribution is 2.31. The number of carbonyl (C=O) groups excluding carboxylic acids is 1. The molecular formula is C28H33N5O4. The number of nitriles is 1. The third-order valence-corrected chi connectivity index (χ3v) is 6.50. The van der Waals surface area contributed by atoms with E-state index >= 15 is 0 Å². The lowest BCUT2D eigenvalue weighted by molar-refractivity contribution is -0.123. The smallest absolute Gasteiger partial charge is 0.258 e. The second-order valence-corrected chi connectivity index (χ2v) is 9.72. The van der Waals surface area contributed by atoms with Crippen LogP contribution >= 0.6 is 0 Å². The normalized spacial score (nSPS) is 14.5. The molecule has 0 saturated carbocycles. The van der Waals surface area contributed by atoms with Gasteiger partial charge in [-0.25, -0.2) is 0 Å². The zero-order chi connectivity index (χ0) is 26.5. The zero-order valence-corrected chi connectivity index (χ0v) is 21.7. The van der Waals surface area contributed by atoms with Crippen molar-refractivity contribution in [3.63, 3.8) is 0 Å². The summed E-state index contributed by atoms with van der Waals surface area (Å²) in [4.78, 5) is 19.1. The molecule has 0 aliphatic carbocycles. The summed E-state index contributed by atoms with van der Waals surface area (Å²) in [6, 6.07) is 11.3. The van der Waals surface area contributed by atoms with Crippen molar-refractivity contribution in [2.24, 2.45) is 0 Å². The van der Waals surface area contributed by atoms with Crippen molar-refractivity contribution in [2.45, 2.75) is 52.7 Å². The molecule has 0 saturated heterocycles. The number of hydrogen-bond donors (Lipinski definition) is 2. The van der Waals surface area contributed by atoms with Crippen molar-refractivity contribution in [1.82, 2.24) is 20.4 Å². The van der Waals surface area contributed by atoms with Gasteiger partial charge in [-0.05, 0) is 75.4 Å². The molecule has 0 bridgehead atoms. The van der Waals surface area contributed by atoms with Crippen molar-refractivity contribution in [2.75, 3.05) is 26.2 Å². The number of aliphatic hydroxyl groups excluding tert-OH is 1. The molecule has 0 fully saturated rings. The lowest BCUT2D eigenvalue weighted by Gasteiger charge is -2.20. The number of rotatable bonds is 8. The van der Waals surface area contributed by atoms with Gasteiger partial charge in [0.15, 0.2) is 0 Å². The summed E-state index contributed by atoms with van der Waals surface area (Å²) in [5.41, 5.74) is 5.58. The summed E-state index contributed by atoms with van der Waals surface area (Å²) in [7, 11) is 0. The van der Waals surface area contributed by atoms with E-state index in [-0.39, 0.29) is 24.7 Å². The van der Waals surface area contributed by atoms with E-state index in [4.69, 9.17) is 14.4 Å². The molecule has 2 aromatic carbocycles. The van der Waals surface area contributed by atoms with Crippen molar-refractivity contribution in [1.29, 1.82) is 5.26 Å². The van der Waals surface area contributed by atoms with Gasteiger partial charge in [-0.2, -0.15) is 10.2 Å². The van der Waals surface area contributed by atoms with E-state index < -0.39 is 0 Å². The van der Waals surface area contributed by atoms with Crippen LogP contribution in [-0.2, 0) is 17.6 Å². The first-order valence-electron chi connectivity index (χ1n) is 12.6. The maximum atomic E-state index is 12.3. The SMILES string of the molecule is Cc1c(-c2noc(-c3ccc(OC(C)C)c(C#N)c3)n2)ccc2c1CCN(CC(=O)NC(C)CO)CC2. The molecular weight excluding hydrogens is 470 g/mol. The Morgan fingerprint density at radius 3 is 2.76 bits per heavy atom. The highest BCUT2D eigenvalue weighted by Gasteiger charge is 2.22. The van der Waals surface area contributed by atoms with E-state index in [2.05, 4.69) is 39.4 Å². The molecule has 4 rings (SSSR count). The average Bonchev–Trinajstić information content (AvgIpc) is 3.26. The van der Waals surface area contributed by atoms with Crippen LogP contribution in [-0.4, -0.2) is 64.4 Å². The molecule has 1 amide bonds. The van der Waals surface area contributed by atoms with E-state index in [1.54, 1.807) is 19.1 Å². The first-order chi connectivity index (χ1) is 17.8. The number of aromatic nitrogens is 2. The van der Waals surface area contributed by atoms with Gasteiger partial charge in [0, 0.05) is 30.3 Å². The van der Waals surface area contributed by atoms with Crippen molar-refractivity contribution >= 4 is 5.91 Å². The molecule has 1 aromatic heterocycles. The second kappa shape index (κ2) is 11.5. The molecule has 0 spiro atoms. The van der Waals surface area contributed by atoms with Crippen LogP contribution in [0.3, 0.4) is 0 Å². The van der Waals surface area contributed by atoms with Gasteiger partial charge >= 0.3 is 0 Å². The monoisotopic (exact) mass is 503 g/mol. The molecule has 9 nitrogen and oxygen atoms in total. The Balaban J connectivity index is 1.52. The summed E-state index contributed by atoms with van der Waals surface area (Å²) in [5.74, 6) is 1.28. The Kier molecular flexibility index (Phi) is 8.21. The van der Waals surface area contributed by atoms with Crippen LogP contribution in [0, 0.1) is 18.3 Å². The topological polar surface area (TPSA) is 125 Å². The second-order valence-electron chi connectivity index (χ2n) is 9.72. The average molecular weight is 504 g/mol. The molecule has 2 N–H and O–H groups in total. The van der Waals surface area contributed by atoms with Crippen LogP contribution in [0.2, 0.25) is 0 Å². The maximum absolute atomic E-state index is 12.3. The van der Waals surface area contributed by atoms with Gasteiger partial charge < -0.3 is 19.7 Å². The van der Waals surface area contributed by atoms with E-state index in [9.17, 15) is 10.1 Å². The number of benzene rings is 2. The number of amides is 1. The van der Waals surface area contributed by atoms with E-state index in [1.807, 2.05) is 26.0 Å². The van der Waals surface area contributed by atoms with Gasteiger partial charge in [0.05, 0.1) is 24.8 Å². The summed E-state index contributed by atoms with van der Waals surface area (Å²) >= 11 is 0. The van der Waals surface area contributed by atoms with Crippen molar-refractivity contribution < 1.29 is 19.2 Å². The number of aliphatic hydroxyl groups is 1. The van der Waals surface area contributed by atoms with Crippen LogP contribution < -0.4 is 10.1 Å². The summed E-state index contributed by atoms with van der Waals surface area (Å²) < 4.78 is 11.3. The van der Waals surface area contributed by atoms with E-state index in [0.29, 0.717) is 35.1 Å². The lowest BCUT2D eigenvalue weighted by atomic mass is 9.93. The Bertz CT molecular complexity index is 1310. The number of ether oxygens (including phenoxy) is 1. The minimum absolute atomic E-state index is 0.0386. The predicted molar refractivity (Wildman–Crippen MR) is 139 cm³/mol.